The molecule has 0 spiro atoms. The van der Waals surface area contributed by atoms with Crippen LogP contribution in [0.25, 0.3) is 0 Å². The molecule has 0 heterocycles. The molecule has 0 saturated carbocycles. The van der Waals surface area contributed by atoms with Crippen molar-refractivity contribution in [3.05, 3.63) is 34.6 Å². The second-order valence-electron chi connectivity index (χ2n) is 2.76. The Morgan fingerprint density at radius 1 is 1.43 bits per heavy atom. The van der Waals surface area contributed by atoms with Crippen LogP contribution in [0.5, 0.6) is 0 Å². The van der Waals surface area contributed by atoms with Crippen LogP contribution in [0.3, 0.4) is 0 Å². The van der Waals surface area contributed by atoms with E-state index in [0.717, 1.165) is 12.1 Å². The van der Waals surface area contributed by atoms with Crippen LogP contribution in [-0.2, 0) is 0 Å². The van der Waals surface area contributed by atoms with Gasteiger partial charge in [-0.05, 0) is 18.6 Å². The van der Waals surface area contributed by atoms with Crippen molar-refractivity contribution in [3.63, 3.8) is 0 Å². The molecule has 0 atom stereocenters. The standard InChI is InChI=1S/C9H7F3O2/c1-4-2-3-5(10)7(9(13)14)6(4)8(11)12/h2-3,8H,1H3,(H,13,14). The molecule has 0 radical (unpaired) electrons. The lowest BCUT2D eigenvalue weighted by Gasteiger charge is -2.09. The minimum atomic E-state index is -2.99. The number of halogens is 3. The zero-order valence-corrected chi connectivity index (χ0v) is 7.22. The van der Waals surface area contributed by atoms with Gasteiger partial charge < -0.3 is 5.11 Å². The highest BCUT2D eigenvalue weighted by Crippen LogP contribution is 2.28. The van der Waals surface area contributed by atoms with Gasteiger partial charge in [0.1, 0.15) is 11.4 Å². The predicted molar refractivity (Wildman–Crippen MR) is 43.1 cm³/mol. The van der Waals surface area contributed by atoms with Crippen molar-refractivity contribution in [1.29, 1.82) is 0 Å². The number of rotatable bonds is 2. The minimum absolute atomic E-state index is 0.0683. The van der Waals surface area contributed by atoms with Crippen LogP contribution in [-0.4, -0.2) is 11.1 Å². The van der Waals surface area contributed by atoms with Gasteiger partial charge >= 0.3 is 5.97 Å². The van der Waals surface area contributed by atoms with Crippen molar-refractivity contribution in [1.82, 2.24) is 0 Å². The first-order valence-corrected chi connectivity index (χ1v) is 3.75. The maximum Gasteiger partial charge on any atom is 0.339 e. The van der Waals surface area contributed by atoms with Gasteiger partial charge in [-0.25, -0.2) is 18.0 Å². The van der Waals surface area contributed by atoms with Gasteiger partial charge in [-0.15, -0.1) is 0 Å². The molecule has 1 N–H and O–H groups in total. The summed E-state index contributed by atoms with van der Waals surface area (Å²) >= 11 is 0. The number of benzene rings is 1. The molecule has 0 aliphatic rings. The fraction of sp³-hybridized carbons (Fsp3) is 0.222. The molecular weight excluding hydrogens is 197 g/mol. The van der Waals surface area contributed by atoms with E-state index >= 15 is 0 Å². The van der Waals surface area contributed by atoms with E-state index in [1.807, 2.05) is 0 Å². The number of aromatic carboxylic acids is 1. The van der Waals surface area contributed by atoms with Crippen LogP contribution in [0.1, 0.15) is 27.9 Å². The molecule has 0 amide bonds. The van der Waals surface area contributed by atoms with Gasteiger partial charge in [-0.1, -0.05) is 6.07 Å². The quantitative estimate of drug-likeness (QED) is 0.804. The molecule has 0 bridgehead atoms. The third kappa shape index (κ3) is 1.71. The molecule has 0 aliphatic heterocycles. The number of hydrogen-bond donors (Lipinski definition) is 1. The Morgan fingerprint density at radius 3 is 2.36 bits per heavy atom. The first-order valence-electron chi connectivity index (χ1n) is 3.75. The molecular formula is C9H7F3O2. The van der Waals surface area contributed by atoms with Crippen LogP contribution in [0.15, 0.2) is 12.1 Å². The Balaban J connectivity index is 3.50. The Kier molecular flexibility index (Phi) is 2.78. The summed E-state index contributed by atoms with van der Waals surface area (Å²) in [5.41, 5.74) is -1.63. The van der Waals surface area contributed by atoms with Crippen molar-refractivity contribution in [2.75, 3.05) is 0 Å². The topological polar surface area (TPSA) is 37.3 Å². The van der Waals surface area contributed by atoms with Gasteiger partial charge in [-0.3, -0.25) is 0 Å². The molecule has 0 saturated heterocycles. The van der Waals surface area contributed by atoms with E-state index < -0.39 is 29.3 Å². The summed E-state index contributed by atoms with van der Waals surface area (Å²) in [4.78, 5) is 10.5. The van der Waals surface area contributed by atoms with E-state index in [2.05, 4.69) is 0 Å². The average molecular weight is 204 g/mol. The van der Waals surface area contributed by atoms with Crippen LogP contribution < -0.4 is 0 Å². The number of alkyl halides is 2. The van der Waals surface area contributed by atoms with Crippen LogP contribution >= 0.6 is 0 Å². The van der Waals surface area contributed by atoms with Gasteiger partial charge in [0, 0.05) is 5.56 Å². The number of carbonyl (C=O) groups is 1. The lowest BCUT2D eigenvalue weighted by atomic mass is 10.0. The highest BCUT2D eigenvalue weighted by molar-refractivity contribution is 5.90. The van der Waals surface area contributed by atoms with Gasteiger partial charge in [0.2, 0.25) is 0 Å². The van der Waals surface area contributed by atoms with E-state index in [9.17, 15) is 18.0 Å². The fourth-order valence-corrected chi connectivity index (χ4v) is 1.20. The van der Waals surface area contributed by atoms with E-state index in [0.29, 0.717) is 0 Å². The van der Waals surface area contributed by atoms with Crippen molar-refractivity contribution in [3.8, 4) is 0 Å². The van der Waals surface area contributed by atoms with Crippen LogP contribution in [0.2, 0.25) is 0 Å². The zero-order chi connectivity index (χ0) is 10.9. The number of carboxylic acids is 1. The van der Waals surface area contributed by atoms with Crippen molar-refractivity contribution < 1.29 is 23.1 Å². The molecule has 1 aromatic carbocycles. The van der Waals surface area contributed by atoms with E-state index in [-0.39, 0.29) is 5.56 Å². The van der Waals surface area contributed by atoms with Crippen molar-refractivity contribution in [2.24, 2.45) is 0 Å². The maximum absolute atomic E-state index is 12.9. The summed E-state index contributed by atoms with van der Waals surface area (Å²) in [7, 11) is 0. The molecule has 1 rings (SSSR count). The summed E-state index contributed by atoms with van der Waals surface area (Å²) in [6.07, 6.45) is -2.99. The third-order valence-corrected chi connectivity index (χ3v) is 1.84. The van der Waals surface area contributed by atoms with Gasteiger partial charge in [-0.2, -0.15) is 0 Å². The van der Waals surface area contributed by atoms with Crippen molar-refractivity contribution >= 4 is 5.97 Å². The summed E-state index contributed by atoms with van der Waals surface area (Å²) in [5, 5.41) is 8.55. The molecule has 76 valence electrons. The second-order valence-corrected chi connectivity index (χ2v) is 2.76. The Hall–Kier alpha value is -1.52. The van der Waals surface area contributed by atoms with E-state index in [4.69, 9.17) is 5.11 Å². The molecule has 0 unspecified atom stereocenters. The number of hydrogen-bond acceptors (Lipinski definition) is 1. The normalized spacial score (nSPS) is 10.6. The first-order chi connectivity index (χ1) is 6.45. The van der Waals surface area contributed by atoms with Crippen molar-refractivity contribution in [2.45, 2.75) is 13.3 Å². The average Bonchev–Trinajstić information content (AvgIpc) is 2.07. The Bertz CT molecular complexity index is 375. The molecule has 1 aromatic rings. The molecule has 0 fully saturated rings. The van der Waals surface area contributed by atoms with Gasteiger partial charge in [0.15, 0.2) is 0 Å². The van der Waals surface area contributed by atoms with E-state index in [1.165, 1.54) is 6.92 Å². The Labute approximate surface area is 78.0 Å². The Morgan fingerprint density at radius 2 is 2.00 bits per heavy atom. The number of carboxylic acid groups (broad SMARTS) is 1. The summed E-state index contributed by atoms with van der Waals surface area (Å²) < 4.78 is 37.7. The third-order valence-electron chi connectivity index (χ3n) is 1.84. The summed E-state index contributed by atoms with van der Waals surface area (Å²) in [6, 6.07) is 1.99. The predicted octanol–water partition coefficient (Wildman–Crippen LogP) is 2.77. The molecule has 0 aromatic heterocycles. The molecule has 14 heavy (non-hydrogen) atoms. The summed E-state index contributed by atoms with van der Waals surface area (Å²) in [6.45, 7) is 1.31. The minimum Gasteiger partial charge on any atom is -0.478 e. The van der Waals surface area contributed by atoms with Gasteiger partial charge in [0.25, 0.3) is 6.43 Å². The molecule has 0 aliphatic carbocycles. The lowest BCUT2D eigenvalue weighted by Crippen LogP contribution is -2.08. The van der Waals surface area contributed by atoms with E-state index in [1.54, 1.807) is 0 Å². The second kappa shape index (κ2) is 3.69. The highest BCUT2D eigenvalue weighted by atomic mass is 19.3. The van der Waals surface area contributed by atoms with Crippen LogP contribution in [0.4, 0.5) is 13.2 Å². The monoisotopic (exact) mass is 204 g/mol. The summed E-state index contributed by atoms with van der Waals surface area (Å²) in [5.74, 6) is -2.82. The maximum atomic E-state index is 12.9. The number of aryl methyl sites for hydroxylation is 1. The zero-order valence-electron chi connectivity index (χ0n) is 7.22. The largest absolute Gasteiger partial charge is 0.478 e. The smallest absolute Gasteiger partial charge is 0.339 e. The fourth-order valence-electron chi connectivity index (χ4n) is 1.20. The van der Waals surface area contributed by atoms with Gasteiger partial charge in [0.05, 0.1) is 0 Å². The molecule has 2 nitrogen and oxygen atoms in total. The lowest BCUT2D eigenvalue weighted by molar-refractivity contribution is 0.0678. The first kappa shape index (κ1) is 10.6. The van der Waals surface area contributed by atoms with Crippen LogP contribution in [0, 0.1) is 12.7 Å². The molecule has 5 heteroatoms. The highest BCUT2D eigenvalue weighted by Gasteiger charge is 2.23. The SMILES string of the molecule is Cc1ccc(F)c(C(=O)O)c1C(F)F.